The molecule has 1 unspecified atom stereocenters. The second kappa shape index (κ2) is 8.41. The number of nitrogens with zero attached hydrogens (tertiary/aromatic N) is 3. The summed E-state index contributed by atoms with van der Waals surface area (Å²) in [7, 11) is 0. The van der Waals surface area contributed by atoms with Crippen molar-refractivity contribution in [3.05, 3.63) is 71.3 Å². The molecule has 6 heteroatoms. The number of carbonyl (C=O) groups excluding carboxylic acids is 1. The molecule has 2 aromatic rings. The van der Waals surface area contributed by atoms with Crippen LogP contribution in [0.2, 0.25) is 0 Å². The molecule has 2 aromatic carbocycles. The predicted octanol–water partition coefficient (Wildman–Crippen LogP) is 4.37. The Balaban J connectivity index is 1.59. The summed E-state index contributed by atoms with van der Waals surface area (Å²) >= 11 is 0. The van der Waals surface area contributed by atoms with Gasteiger partial charge in [0.15, 0.2) is 0 Å². The molecule has 1 atom stereocenters. The van der Waals surface area contributed by atoms with E-state index in [1.807, 2.05) is 0 Å². The van der Waals surface area contributed by atoms with Crippen LogP contribution in [0, 0.1) is 17.6 Å². The molecule has 29 heavy (non-hydrogen) atoms. The van der Waals surface area contributed by atoms with Crippen molar-refractivity contribution in [3.63, 3.8) is 0 Å². The molecular weight excluding hydrogens is 372 g/mol. The number of halogens is 2. The summed E-state index contributed by atoms with van der Waals surface area (Å²) in [4.78, 5) is 15.3. The third-order valence-corrected chi connectivity index (χ3v) is 5.84. The first kappa shape index (κ1) is 19.7. The van der Waals surface area contributed by atoms with E-state index in [9.17, 15) is 13.6 Å². The third-order valence-electron chi connectivity index (χ3n) is 5.84. The minimum Gasteiger partial charge on any atom is -0.294 e. The summed E-state index contributed by atoms with van der Waals surface area (Å²) in [5.74, 6) is -0.129. The van der Waals surface area contributed by atoms with E-state index in [-0.39, 0.29) is 24.1 Å². The summed E-state index contributed by atoms with van der Waals surface area (Å²) in [6.07, 6.45) is 2.55. The third kappa shape index (κ3) is 4.37. The molecule has 0 bridgehead atoms. The fourth-order valence-electron chi connectivity index (χ4n) is 4.03. The largest absolute Gasteiger partial charge is 0.294 e. The number of hydrogen-bond acceptors (Lipinski definition) is 3. The van der Waals surface area contributed by atoms with Gasteiger partial charge in [-0.3, -0.25) is 9.69 Å². The molecule has 0 spiro atoms. The first-order valence-electron chi connectivity index (χ1n) is 10.1. The Morgan fingerprint density at radius 3 is 2.45 bits per heavy atom. The van der Waals surface area contributed by atoms with Gasteiger partial charge < -0.3 is 0 Å². The SMILES string of the molecule is CC1CCN(CC(=O)N2N=C(c3ccc(F)cc3)CC2c2ccccc2F)CC1. The number of likely N-dealkylation sites (tertiary alicyclic amines) is 1. The molecule has 1 saturated heterocycles. The van der Waals surface area contributed by atoms with E-state index in [0.29, 0.717) is 23.6 Å². The predicted molar refractivity (Wildman–Crippen MR) is 108 cm³/mol. The number of hydrazone groups is 1. The average molecular weight is 397 g/mol. The van der Waals surface area contributed by atoms with E-state index < -0.39 is 6.04 Å². The second-order valence-corrected chi connectivity index (χ2v) is 7.99. The van der Waals surface area contributed by atoms with E-state index in [0.717, 1.165) is 31.5 Å². The molecule has 0 aromatic heterocycles. The minimum atomic E-state index is -0.493. The molecular formula is C23H25F2N3O. The van der Waals surface area contributed by atoms with Crippen LogP contribution >= 0.6 is 0 Å². The molecule has 4 rings (SSSR count). The molecule has 2 aliphatic heterocycles. The lowest BCUT2D eigenvalue weighted by Gasteiger charge is -2.31. The number of hydrogen-bond donors (Lipinski definition) is 0. The smallest absolute Gasteiger partial charge is 0.257 e. The Bertz CT molecular complexity index is 905. The zero-order chi connectivity index (χ0) is 20.4. The summed E-state index contributed by atoms with van der Waals surface area (Å²) in [5.41, 5.74) is 1.86. The monoisotopic (exact) mass is 397 g/mol. The van der Waals surface area contributed by atoms with E-state index >= 15 is 0 Å². The van der Waals surface area contributed by atoms with Gasteiger partial charge >= 0.3 is 0 Å². The van der Waals surface area contributed by atoms with Crippen molar-refractivity contribution in [2.75, 3.05) is 19.6 Å². The summed E-state index contributed by atoms with van der Waals surface area (Å²) < 4.78 is 27.8. The Kier molecular flexibility index (Phi) is 5.72. The molecule has 0 radical (unpaired) electrons. The first-order chi connectivity index (χ1) is 14.0. The van der Waals surface area contributed by atoms with Crippen LogP contribution in [0.3, 0.4) is 0 Å². The van der Waals surface area contributed by atoms with Crippen molar-refractivity contribution in [2.45, 2.75) is 32.2 Å². The molecule has 1 amide bonds. The van der Waals surface area contributed by atoms with Crippen molar-refractivity contribution in [2.24, 2.45) is 11.0 Å². The highest BCUT2D eigenvalue weighted by Crippen LogP contribution is 2.34. The maximum absolute atomic E-state index is 14.5. The number of carbonyl (C=O) groups is 1. The van der Waals surface area contributed by atoms with Crippen molar-refractivity contribution in [1.29, 1.82) is 0 Å². The van der Waals surface area contributed by atoms with Crippen LogP contribution in [0.15, 0.2) is 53.6 Å². The van der Waals surface area contributed by atoms with Gasteiger partial charge in [-0.15, -0.1) is 0 Å². The van der Waals surface area contributed by atoms with Crippen LogP contribution in [0.4, 0.5) is 8.78 Å². The molecule has 152 valence electrons. The Morgan fingerprint density at radius 1 is 1.07 bits per heavy atom. The highest BCUT2D eigenvalue weighted by molar-refractivity contribution is 6.03. The molecule has 0 N–H and O–H groups in total. The van der Waals surface area contributed by atoms with Gasteiger partial charge in [-0.05, 0) is 55.6 Å². The standard InChI is InChI=1S/C23H25F2N3O/c1-16-10-12-27(13-11-16)15-23(29)28-22(19-4-2-3-5-20(19)25)14-21(26-28)17-6-8-18(24)9-7-17/h2-9,16,22H,10-15H2,1H3. The lowest BCUT2D eigenvalue weighted by molar-refractivity contribution is -0.134. The Morgan fingerprint density at radius 2 is 1.76 bits per heavy atom. The van der Waals surface area contributed by atoms with Crippen LogP contribution in [0.25, 0.3) is 0 Å². The maximum atomic E-state index is 14.5. The fourth-order valence-corrected chi connectivity index (χ4v) is 4.03. The van der Waals surface area contributed by atoms with E-state index in [1.165, 1.54) is 23.2 Å². The Labute approximate surface area is 169 Å². The lowest BCUT2D eigenvalue weighted by Crippen LogP contribution is -2.41. The number of piperidine rings is 1. The summed E-state index contributed by atoms with van der Waals surface area (Å²) in [6.45, 7) is 4.28. The van der Waals surface area contributed by atoms with Crippen LogP contribution in [-0.4, -0.2) is 41.2 Å². The Hall–Kier alpha value is -2.60. The molecule has 1 fully saturated rings. The average Bonchev–Trinajstić information content (AvgIpc) is 3.16. The normalized spacial score (nSPS) is 20.7. The number of amides is 1. The highest BCUT2D eigenvalue weighted by Gasteiger charge is 2.35. The van der Waals surface area contributed by atoms with Crippen molar-refractivity contribution < 1.29 is 13.6 Å². The fraction of sp³-hybridized carbons (Fsp3) is 0.391. The summed E-state index contributed by atoms with van der Waals surface area (Å²) in [5, 5.41) is 5.98. The van der Waals surface area contributed by atoms with Crippen molar-refractivity contribution in [1.82, 2.24) is 9.91 Å². The van der Waals surface area contributed by atoms with Gasteiger partial charge in [0.2, 0.25) is 0 Å². The minimum absolute atomic E-state index is 0.134. The van der Waals surface area contributed by atoms with E-state index in [1.54, 1.807) is 30.3 Å². The topological polar surface area (TPSA) is 35.9 Å². The lowest BCUT2D eigenvalue weighted by atomic mass is 9.97. The van der Waals surface area contributed by atoms with Gasteiger partial charge in [-0.25, -0.2) is 13.8 Å². The molecule has 2 heterocycles. The van der Waals surface area contributed by atoms with Crippen LogP contribution in [-0.2, 0) is 4.79 Å². The molecule has 0 saturated carbocycles. The van der Waals surface area contributed by atoms with Crippen LogP contribution in [0.5, 0.6) is 0 Å². The van der Waals surface area contributed by atoms with Gasteiger partial charge in [0.1, 0.15) is 11.6 Å². The van der Waals surface area contributed by atoms with E-state index in [2.05, 4.69) is 16.9 Å². The van der Waals surface area contributed by atoms with Crippen LogP contribution < -0.4 is 0 Å². The number of benzene rings is 2. The zero-order valence-electron chi connectivity index (χ0n) is 16.5. The van der Waals surface area contributed by atoms with Crippen molar-refractivity contribution >= 4 is 11.6 Å². The van der Waals surface area contributed by atoms with Gasteiger partial charge in [0.25, 0.3) is 5.91 Å². The second-order valence-electron chi connectivity index (χ2n) is 7.99. The quantitative estimate of drug-likeness (QED) is 0.768. The summed E-state index contributed by atoms with van der Waals surface area (Å²) in [6, 6.07) is 12.0. The van der Waals surface area contributed by atoms with Gasteiger partial charge in [-0.2, -0.15) is 5.10 Å². The van der Waals surface area contributed by atoms with E-state index in [4.69, 9.17) is 0 Å². The number of rotatable bonds is 4. The van der Waals surface area contributed by atoms with Crippen LogP contribution in [0.1, 0.15) is 43.4 Å². The zero-order valence-corrected chi connectivity index (χ0v) is 16.5. The van der Waals surface area contributed by atoms with Crippen molar-refractivity contribution in [3.8, 4) is 0 Å². The van der Waals surface area contributed by atoms with Gasteiger partial charge in [0, 0.05) is 12.0 Å². The first-order valence-corrected chi connectivity index (χ1v) is 10.1. The molecule has 0 aliphatic carbocycles. The van der Waals surface area contributed by atoms with Gasteiger partial charge in [-0.1, -0.05) is 37.3 Å². The molecule has 2 aliphatic rings. The highest BCUT2D eigenvalue weighted by atomic mass is 19.1. The maximum Gasteiger partial charge on any atom is 0.257 e. The van der Waals surface area contributed by atoms with Gasteiger partial charge in [0.05, 0.1) is 18.3 Å². The molecule has 4 nitrogen and oxygen atoms in total.